The molecule has 2 unspecified atom stereocenters. The lowest BCUT2D eigenvalue weighted by Gasteiger charge is -2.42. The molecule has 20 heavy (non-hydrogen) atoms. The van der Waals surface area contributed by atoms with Crippen LogP contribution in [0.15, 0.2) is 18.2 Å². The fourth-order valence-corrected chi connectivity index (χ4v) is 3.41. The van der Waals surface area contributed by atoms with Gasteiger partial charge in [0.1, 0.15) is 5.75 Å². The van der Waals surface area contributed by atoms with Crippen LogP contribution < -0.4 is 4.74 Å². The minimum absolute atomic E-state index is 0.253. The molecule has 110 valence electrons. The van der Waals surface area contributed by atoms with Gasteiger partial charge >= 0.3 is 0 Å². The Bertz CT molecular complexity index is 470. The number of rotatable bonds is 2. The second-order valence-electron chi connectivity index (χ2n) is 5.95. The molecule has 4 nitrogen and oxygen atoms in total. The summed E-state index contributed by atoms with van der Waals surface area (Å²) >= 11 is 0. The summed E-state index contributed by atoms with van der Waals surface area (Å²) in [6, 6.07) is 6.34. The van der Waals surface area contributed by atoms with Crippen LogP contribution in [0.2, 0.25) is 0 Å². The first-order valence-corrected chi connectivity index (χ1v) is 7.46. The average molecular weight is 276 g/mol. The van der Waals surface area contributed by atoms with Gasteiger partial charge < -0.3 is 14.7 Å². The van der Waals surface area contributed by atoms with E-state index in [-0.39, 0.29) is 6.04 Å². The van der Waals surface area contributed by atoms with Gasteiger partial charge in [0.25, 0.3) is 0 Å². The minimum Gasteiger partial charge on any atom is -0.497 e. The molecule has 2 atom stereocenters. The first-order chi connectivity index (χ1) is 9.69. The minimum atomic E-state index is -0.391. The summed E-state index contributed by atoms with van der Waals surface area (Å²) in [6.07, 6.45) is 1.70. The standard InChI is InChI=1S/C16H24N2O2/c1-17-7-9-18(10-8-17)15-6-4-12-3-5-13(20-2)11-14(12)16(15)19/h3,5,11,15-16,19H,4,6-10H2,1-2H3. The van der Waals surface area contributed by atoms with Gasteiger partial charge in [0.2, 0.25) is 0 Å². The number of aliphatic hydroxyl groups is 1. The Hall–Kier alpha value is -1.10. The maximum absolute atomic E-state index is 10.7. The van der Waals surface area contributed by atoms with Gasteiger partial charge in [0.05, 0.1) is 13.2 Å². The van der Waals surface area contributed by atoms with Crippen LogP contribution in [0.1, 0.15) is 23.7 Å². The summed E-state index contributed by atoms with van der Waals surface area (Å²) in [6.45, 7) is 4.29. The molecule has 3 rings (SSSR count). The van der Waals surface area contributed by atoms with Crippen molar-refractivity contribution in [1.29, 1.82) is 0 Å². The van der Waals surface area contributed by atoms with Crippen molar-refractivity contribution in [2.24, 2.45) is 0 Å². The molecule has 0 spiro atoms. The lowest BCUT2D eigenvalue weighted by atomic mass is 9.84. The van der Waals surface area contributed by atoms with E-state index in [1.54, 1.807) is 7.11 Å². The number of aryl methyl sites for hydroxylation is 1. The third kappa shape index (κ3) is 2.55. The zero-order valence-electron chi connectivity index (χ0n) is 12.4. The second-order valence-corrected chi connectivity index (χ2v) is 5.95. The predicted molar refractivity (Wildman–Crippen MR) is 79.1 cm³/mol. The van der Waals surface area contributed by atoms with E-state index >= 15 is 0 Å². The van der Waals surface area contributed by atoms with Crippen molar-refractivity contribution in [2.75, 3.05) is 40.3 Å². The number of piperazine rings is 1. The number of hydrogen-bond donors (Lipinski definition) is 1. The number of hydrogen-bond acceptors (Lipinski definition) is 4. The van der Waals surface area contributed by atoms with Crippen LogP contribution in [-0.2, 0) is 6.42 Å². The zero-order valence-corrected chi connectivity index (χ0v) is 12.4. The fraction of sp³-hybridized carbons (Fsp3) is 0.625. The number of likely N-dealkylation sites (N-methyl/N-ethyl adjacent to an activating group) is 1. The third-order valence-corrected chi connectivity index (χ3v) is 4.75. The molecule has 0 bridgehead atoms. The SMILES string of the molecule is COc1ccc2c(c1)C(O)C(N1CCN(C)CC1)CC2. The number of nitrogens with zero attached hydrogens (tertiary/aromatic N) is 2. The highest BCUT2D eigenvalue weighted by molar-refractivity contribution is 5.39. The molecule has 0 aromatic heterocycles. The summed E-state index contributed by atoms with van der Waals surface area (Å²) in [5.41, 5.74) is 2.32. The van der Waals surface area contributed by atoms with E-state index in [0.29, 0.717) is 0 Å². The quantitative estimate of drug-likeness (QED) is 0.883. The van der Waals surface area contributed by atoms with Crippen molar-refractivity contribution >= 4 is 0 Å². The monoisotopic (exact) mass is 276 g/mol. The first kappa shape index (κ1) is 13.9. The molecular formula is C16H24N2O2. The highest BCUT2D eigenvalue weighted by Crippen LogP contribution is 2.35. The molecule has 0 radical (unpaired) electrons. The fourth-order valence-electron chi connectivity index (χ4n) is 3.41. The molecule has 1 aromatic carbocycles. The topological polar surface area (TPSA) is 35.9 Å². The van der Waals surface area contributed by atoms with Crippen LogP contribution in [-0.4, -0.2) is 61.3 Å². The Labute approximate surface area is 120 Å². The number of ether oxygens (including phenoxy) is 1. The molecule has 1 heterocycles. The van der Waals surface area contributed by atoms with Gasteiger partial charge in [-0.05, 0) is 43.1 Å². The molecule has 0 amide bonds. The van der Waals surface area contributed by atoms with Gasteiger partial charge in [-0.2, -0.15) is 0 Å². The van der Waals surface area contributed by atoms with E-state index in [9.17, 15) is 5.11 Å². The van der Waals surface area contributed by atoms with E-state index < -0.39 is 6.10 Å². The Morgan fingerprint density at radius 3 is 2.65 bits per heavy atom. The Morgan fingerprint density at radius 2 is 1.95 bits per heavy atom. The van der Waals surface area contributed by atoms with Crippen molar-refractivity contribution in [3.63, 3.8) is 0 Å². The number of aliphatic hydroxyl groups excluding tert-OH is 1. The van der Waals surface area contributed by atoms with Gasteiger partial charge in [0.15, 0.2) is 0 Å². The van der Waals surface area contributed by atoms with Crippen molar-refractivity contribution in [3.05, 3.63) is 29.3 Å². The van der Waals surface area contributed by atoms with Gasteiger partial charge in [-0.15, -0.1) is 0 Å². The molecule has 1 fully saturated rings. The van der Waals surface area contributed by atoms with E-state index in [1.807, 2.05) is 12.1 Å². The van der Waals surface area contributed by atoms with Crippen LogP contribution >= 0.6 is 0 Å². The largest absolute Gasteiger partial charge is 0.497 e. The number of fused-ring (bicyclic) bond motifs is 1. The highest BCUT2D eigenvalue weighted by atomic mass is 16.5. The van der Waals surface area contributed by atoms with Gasteiger partial charge in [-0.3, -0.25) is 4.90 Å². The molecule has 1 aromatic rings. The van der Waals surface area contributed by atoms with Crippen molar-refractivity contribution in [2.45, 2.75) is 25.0 Å². The van der Waals surface area contributed by atoms with Gasteiger partial charge in [-0.1, -0.05) is 6.07 Å². The lowest BCUT2D eigenvalue weighted by Crippen LogP contribution is -2.51. The highest BCUT2D eigenvalue weighted by Gasteiger charge is 2.33. The Balaban J connectivity index is 1.79. The van der Waals surface area contributed by atoms with Crippen LogP contribution in [0.5, 0.6) is 5.75 Å². The summed E-state index contributed by atoms with van der Waals surface area (Å²) in [5.74, 6) is 0.835. The summed E-state index contributed by atoms with van der Waals surface area (Å²) in [5, 5.41) is 10.7. The van der Waals surface area contributed by atoms with Crippen LogP contribution in [0.3, 0.4) is 0 Å². The molecule has 4 heteroatoms. The van der Waals surface area contributed by atoms with Crippen LogP contribution in [0, 0.1) is 0 Å². The lowest BCUT2D eigenvalue weighted by molar-refractivity contribution is 0.0127. The molecule has 1 saturated heterocycles. The van der Waals surface area contributed by atoms with E-state index in [2.05, 4.69) is 22.9 Å². The third-order valence-electron chi connectivity index (χ3n) is 4.75. The summed E-state index contributed by atoms with van der Waals surface area (Å²) < 4.78 is 5.29. The smallest absolute Gasteiger partial charge is 0.119 e. The van der Waals surface area contributed by atoms with E-state index in [4.69, 9.17) is 4.74 Å². The second kappa shape index (κ2) is 5.72. The van der Waals surface area contributed by atoms with E-state index in [0.717, 1.165) is 50.3 Å². The van der Waals surface area contributed by atoms with Gasteiger partial charge in [0, 0.05) is 32.2 Å². The first-order valence-electron chi connectivity index (χ1n) is 7.46. The van der Waals surface area contributed by atoms with Crippen molar-refractivity contribution < 1.29 is 9.84 Å². The van der Waals surface area contributed by atoms with Crippen molar-refractivity contribution in [3.8, 4) is 5.75 Å². The Morgan fingerprint density at radius 1 is 1.20 bits per heavy atom. The maximum atomic E-state index is 10.7. The number of benzene rings is 1. The molecule has 1 N–H and O–H groups in total. The molecule has 1 aliphatic heterocycles. The van der Waals surface area contributed by atoms with Crippen LogP contribution in [0.4, 0.5) is 0 Å². The zero-order chi connectivity index (χ0) is 14.1. The van der Waals surface area contributed by atoms with Crippen LogP contribution in [0.25, 0.3) is 0 Å². The van der Waals surface area contributed by atoms with E-state index in [1.165, 1.54) is 5.56 Å². The molecule has 0 saturated carbocycles. The summed E-state index contributed by atoms with van der Waals surface area (Å²) in [7, 11) is 3.84. The summed E-state index contributed by atoms with van der Waals surface area (Å²) in [4.78, 5) is 4.80. The average Bonchev–Trinajstić information content (AvgIpc) is 2.49. The number of methoxy groups -OCH3 is 1. The molecule has 2 aliphatic rings. The molecule has 1 aliphatic carbocycles. The van der Waals surface area contributed by atoms with Crippen molar-refractivity contribution in [1.82, 2.24) is 9.80 Å². The molecular weight excluding hydrogens is 252 g/mol. The van der Waals surface area contributed by atoms with Gasteiger partial charge in [-0.25, -0.2) is 0 Å². The maximum Gasteiger partial charge on any atom is 0.119 e. The Kier molecular flexibility index (Phi) is 3.96. The predicted octanol–water partition coefficient (Wildman–Crippen LogP) is 1.29. The normalized spacial score (nSPS) is 28.1.